The molecule has 4 amide bonds. The first-order valence-corrected chi connectivity index (χ1v) is 17.2. The van der Waals surface area contributed by atoms with Gasteiger partial charge in [-0.2, -0.15) is 0 Å². The molecule has 1 fully saturated rings. The summed E-state index contributed by atoms with van der Waals surface area (Å²) in [5.74, 6) is 0.273. The van der Waals surface area contributed by atoms with E-state index in [0.29, 0.717) is 98.2 Å². The molecule has 0 saturated carbocycles. The van der Waals surface area contributed by atoms with E-state index in [2.05, 4.69) is 9.80 Å². The topological polar surface area (TPSA) is 94.2 Å². The van der Waals surface area contributed by atoms with E-state index in [1.54, 1.807) is 0 Å². The summed E-state index contributed by atoms with van der Waals surface area (Å²) >= 11 is 0. The van der Waals surface area contributed by atoms with Crippen LogP contribution in [-0.2, 0) is 19.2 Å². The van der Waals surface area contributed by atoms with Crippen molar-refractivity contribution >= 4 is 23.6 Å². The summed E-state index contributed by atoms with van der Waals surface area (Å²) in [7, 11) is 0. The van der Waals surface area contributed by atoms with Crippen LogP contribution < -0.4 is 0 Å². The third-order valence-corrected chi connectivity index (χ3v) is 8.73. The largest absolute Gasteiger partial charge is 0.342 e. The van der Waals surface area contributed by atoms with E-state index in [0.717, 1.165) is 19.4 Å². The third kappa shape index (κ3) is 13.4. The van der Waals surface area contributed by atoms with Crippen molar-refractivity contribution in [2.45, 2.75) is 68.2 Å². The highest BCUT2D eigenvalue weighted by molar-refractivity contribution is 5.80. The fraction of sp³-hybridized carbons (Fsp3) is 0.875. The highest BCUT2D eigenvalue weighted by atomic mass is 16.2. The van der Waals surface area contributed by atoms with E-state index in [1.165, 1.54) is 0 Å². The highest BCUT2D eigenvalue weighted by Gasteiger charge is 2.27. The van der Waals surface area contributed by atoms with Gasteiger partial charge in [-0.1, -0.05) is 0 Å². The number of hydrogen-bond donors (Lipinski definition) is 0. The molecule has 44 heavy (non-hydrogen) atoms. The second-order valence-electron chi connectivity index (χ2n) is 11.3. The number of rotatable bonds is 16. The van der Waals surface area contributed by atoms with Gasteiger partial charge in [0.2, 0.25) is 23.6 Å². The average molecular weight is 625 g/mol. The standard InChI is InChI=1S/C32H64N8O4/c1-9-35(10-2)29(41)25-33-19-17-20-34(26-30(42)36(11-3)12-4)23-24-40(28-32(44)38(15-7)16-8)39(22-18-21-33)27-31(43)37(13-5)14-6/h9-28H2,1-8H3. The SMILES string of the molecule is CCN(CC)C(=O)CN1CCCN(CC(=O)N(CC)CC)CCN(CC(=O)N(CC)CC)N(CC(=O)N(CC)CC)CCC1. The predicted octanol–water partition coefficient (Wildman–Crippen LogP) is 1.38. The zero-order valence-electron chi connectivity index (χ0n) is 29.4. The second kappa shape index (κ2) is 22.3. The molecule has 1 saturated heterocycles. The lowest BCUT2D eigenvalue weighted by Gasteiger charge is -2.39. The van der Waals surface area contributed by atoms with Gasteiger partial charge >= 0.3 is 0 Å². The maximum Gasteiger partial charge on any atom is 0.238 e. The number of amides is 4. The molecule has 12 heteroatoms. The number of carbonyl (C=O) groups is 4. The summed E-state index contributed by atoms with van der Waals surface area (Å²) in [5, 5.41) is 4.07. The molecule has 0 spiro atoms. The molecule has 0 bridgehead atoms. The molecule has 0 aliphatic carbocycles. The van der Waals surface area contributed by atoms with Crippen molar-refractivity contribution in [3.63, 3.8) is 0 Å². The van der Waals surface area contributed by atoms with E-state index < -0.39 is 0 Å². The van der Waals surface area contributed by atoms with Gasteiger partial charge in [0.05, 0.1) is 26.2 Å². The van der Waals surface area contributed by atoms with Crippen LogP contribution in [0.5, 0.6) is 0 Å². The third-order valence-electron chi connectivity index (χ3n) is 8.73. The molecule has 0 aromatic heterocycles. The average Bonchev–Trinajstić information content (AvgIpc) is 3.00. The molecule has 0 N–H and O–H groups in total. The molecular weight excluding hydrogens is 560 g/mol. The number of likely N-dealkylation sites (N-methyl/N-ethyl adjacent to an activating group) is 4. The minimum atomic E-state index is 0.0274. The van der Waals surface area contributed by atoms with Gasteiger partial charge in [0.15, 0.2) is 0 Å². The van der Waals surface area contributed by atoms with Crippen molar-refractivity contribution < 1.29 is 19.2 Å². The van der Waals surface area contributed by atoms with Gasteiger partial charge in [-0.05, 0) is 87.9 Å². The van der Waals surface area contributed by atoms with Gasteiger partial charge in [-0.3, -0.25) is 29.0 Å². The maximum absolute atomic E-state index is 13.4. The lowest BCUT2D eigenvalue weighted by atomic mass is 10.2. The van der Waals surface area contributed by atoms with Crippen LogP contribution in [0.1, 0.15) is 68.2 Å². The van der Waals surface area contributed by atoms with Crippen LogP contribution in [0.25, 0.3) is 0 Å². The summed E-state index contributed by atoms with van der Waals surface area (Å²) in [5.41, 5.74) is 0. The molecule has 12 nitrogen and oxygen atoms in total. The normalized spacial score (nSPS) is 16.5. The number of hydrazine groups is 1. The monoisotopic (exact) mass is 625 g/mol. The van der Waals surface area contributed by atoms with Crippen LogP contribution in [0.2, 0.25) is 0 Å². The zero-order valence-corrected chi connectivity index (χ0v) is 29.4. The first-order chi connectivity index (χ1) is 21.1. The van der Waals surface area contributed by atoms with Crippen LogP contribution in [0, 0.1) is 0 Å². The Labute approximate surface area is 268 Å². The van der Waals surface area contributed by atoms with E-state index in [9.17, 15) is 19.2 Å². The van der Waals surface area contributed by atoms with Crippen molar-refractivity contribution in [2.75, 3.05) is 118 Å². The van der Waals surface area contributed by atoms with Gasteiger partial charge in [0.25, 0.3) is 0 Å². The molecule has 1 heterocycles. The molecule has 1 rings (SSSR count). The minimum Gasteiger partial charge on any atom is -0.342 e. The Bertz CT molecular complexity index is 844. The molecule has 1 aliphatic rings. The number of hydrogen-bond acceptors (Lipinski definition) is 8. The van der Waals surface area contributed by atoms with E-state index in [-0.39, 0.29) is 36.7 Å². The quantitative estimate of drug-likeness (QED) is 0.254. The van der Waals surface area contributed by atoms with Crippen LogP contribution in [-0.4, -0.2) is 181 Å². The molecule has 1 aliphatic heterocycles. The van der Waals surface area contributed by atoms with Crippen molar-refractivity contribution in [1.82, 2.24) is 39.4 Å². The minimum absolute atomic E-state index is 0.0274. The second-order valence-corrected chi connectivity index (χ2v) is 11.3. The van der Waals surface area contributed by atoms with Crippen LogP contribution in [0.4, 0.5) is 0 Å². The van der Waals surface area contributed by atoms with Gasteiger partial charge < -0.3 is 19.6 Å². The molecule has 0 unspecified atom stereocenters. The van der Waals surface area contributed by atoms with Crippen molar-refractivity contribution in [3.8, 4) is 0 Å². The van der Waals surface area contributed by atoms with Gasteiger partial charge in [-0.25, -0.2) is 10.0 Å². The Morgan fingerprint density at radius 3 is 1.00 bits per heavy atom. The summed E-state index contributed by atoms with van der Waals surface area (Å²) in [6, 6.07) is 0. The summed E-state index contributed by atoms with van der Waals surface area (Å²) in [6.07, 6.45) is 1.59. The summed E-state index contributed by atoms with van der Waals surface area (Å²) in [4.78, 5) is 64.7. The van der Waals surface area contributed by atoms with E-state index in [1.807, 2.05) is 85.0 Å². The Morgan fingerprint density at radius 2 is 0.659 bits per heavy atom. The Balaban J connectivity index is 3.39. The fourth-order valence-electron chi connectivity index (χ4n) is 5.83. The summed E-state index contributed by atoms with van der Waals surface area (Å²) < 4.78 is 0. The van der Waals surface area contributed by atoms with Gasteiger partial charge in [-0.15, -0.1) is 0 Å². The molecule has 0 aromatic rings. The maximum atomic E-state index is 13.4. The Morgan fingerprint density at radius 1 is 0.386 bits per heavy atom. The van der Waals surface area contributed by atoms with Crippen molar-refractivity contribution in [1.29, 1.82) is 0 Å². The number of nitrogens with zero attached hydrogens (tertiary/aromatic N) is 8. The van der Waals surface area contributed by atoms with E-state index in [4.69, 9.17) is 0 Å². The fourth-order valence-corrected chi connectivity index (χ4v) is 5.83. The highest BCUT2D eigenvalue weighted by Crippen LogP contribution is 2.10. The molecular formula is C32H64N8O4. The predicted molar refractivity (Wildman–Crippen MR) is 177 cm³/mol. The first kappa shape index (κ1) is 39.7. The lowest BCUT2D eigenvalue weighted by molar-refractivity contribution is -0.146. The van der Waals surface area contributed by atoms with Crippen LogP contribution in [0.3, 0.4) is 0 Å². The summed E-state index contributed by atoms with van der Waals surface area (Å²) in [6.45, 7) is 26.0. The lowest BCUT2D eigenvalue weighted by Crippen LogP contribution is -2.55. The van der Waals surface area contributed by atoms with Crippen LogP contribution >= 0.6 is 0 Å². The van der Waals surface area contributed by atoms with Crippen LogP contribution in [0.15, 0.2) is 0 Å². The number of carbonyl (C=O) groups excluding carboxylic acids is 4. The Kier molecular flexibility index (Phi) is 20.1. The smallest absolute Gasteiger partial charge is 0.238 e. The van der Waals surface area contributed by atoms with Gasteiger partial charge in [0.1, 0.15) is 0 Å². The molecule has 256 valence electrons. The van der Waals surface area contributed by atoms with Gasteiger partial charge in [0, 0.05) is 72.0 Å². The Hall–Kier alpha value is -2.28. The zero-order chi connectivity index (χ0) is 33.1. The molecule has 0 radical (unpaired) electrons. The van der Waals surface area contributed by atoms with Crippen molar-refractivity contribution in [3.05, 3.63) is 0 Å². The van der Waals surface area contributed by atoms with E-state index >= 15 is 0 Å². The molecule has 0 atom stereocenters. The first-order valence-electron chi connectivity index (χ1n) is 17.2. The molecule has 0 aromatic carbocycles. The van der Waals surface area contributed by atoms with Crippen molar-refractivity contribution in [2.24, 2.45) is 0 Å².